The summed E-state index contributed by atoms with van der Waals surface area (Å²) in [5, 5.41) is 12.4. The molecule has 0 saturated carbocycles. The molecule has 4 rings (SSSR count). The summed E-state index contributed by atoms with van der Waals surface area (Å²) in [4.78, 5) is 6.91. The topological polar surface area (TPSA) is 36.4 Å². The lowest BCUT2D eigenvalue weighted by atomic mass is 9.83. The zero-order valence-corrected chi connectivity index (χ0v) is 15.9. The van der Waals surface area contributed by atoms with Crippen molar-refractivity contribution in [1.29, 1.82) is 0 Å². The first-order chi connectivity index (χ1) is 13.2. The minimum atomic E-state index is -1.32. The van der Waals surface area contributed by atoms with Gasteiger partial charge in [0.15, 0.2) is 5.60 Å². The number of rotatable bonds is 5. The fourth-order valence-corrected chi connectivity index (χ4v) is 3.91. The van der Waals surface area contributed by atoms with Gasteiger partial charge in [-0.3, -0.25) is 9.88 Å². The summed E-state index contributed by atoms with van der Waals surface area (Å²) < 4.78 is 0. The fourth-order valence-electron chi connectivity index (χ4n) is 3.78. The molecule has 1 aliphatic rings. The molecule has 1 fully saturated rings. The molecule has 1 saturated heterocycles. The molecule has 0 bridgehead atoms. The number of nitrogens with zero attached hydrogens (tertiary/aromatic N) is 2. The van der Waals surface area contributed by atoms with Crippen LogP contribution in [-0.4, -0.2) is 28.1 Å². The molecule has 1 N–H and O–H groups in total. The van der Waals surface area contributed by atoms with Crippen molar-refractivity contribution in [2.24, 2.45) is 0 Å². The van der Waals surface area contributed by atoms with E-state index in [1.807, 2.05) is 42.5 Å². The summed E-state index contributed by atoms with van der Waals surface area (Å²) in [5.41, 5.74) is 2.09. The first-order valence-electron chi connectivity index (χ1n) is 9.38. The third kappa shape index (κ3) is 3.77. The molecule has 2 heterocycles. The maximum Gasteiger partial charge on any atom is 0.157 e. The fraction of sp³-hybridized carbons (Fsp3) is 0.261. The molecule has 0 radical (unpaired) electrons. The van der Waals surface area contributed by atoms with Crippen LogP contribution in [0.3, 0.4) is 0 Å². The van der Waals surface area contributed by atoms with E-state index < -0.39 is 5.60 Å². The van der Waals surface area contributed by atoms with Crippen LogP contribution >= 0.6 is 11.6 Å². The first kappa shape index (κ1) is 18.2. The van der Waals surface area contributed by atoms with E-state index in [0.29, 0.717) is 10.7 Å². The molecule has 3 nitrogen and oxygen atoms in total. The molecule has 2 aromatic carbocycles. The Kier molecular flexibility index (Phi) is 5.26. The van der Waals surface area contributed by atoms with Crippen LogP contribution in [0.1, 0.15) is 35.2 Å². The SMILES string of the molecule is OC(c1ccc(Cl)cc1)(c1ccc(CN2CCCC2)cc1)c1ccccn1. The maximum atomic E-state index is 11.8. The summed E-state index contributed by atoms with van der Waals surface area (Å²) in [7, 11) is 0. The van der Waals surface area contributed by atoms with Gasteiger partial charge in [0.2, 0.25) is 0 Å². The number of likely N-dealkylation sites (tertiary alicyclic amines) is 1. The van der Waals surface area contributed by atoms with Crippen molar-refractivity contribution < 1.29 is 5.11 Å². The molecule has 27 heavy (non-hydrogen) atoms. The van der Waals surface area contributed by atoms with Gasteiger partial charge in [0.1, 0.15) is 0 Å². The Balaban J connectivity index is 1.71. The minimum absolute atomic E-state index is 0.597. The Hall–Kier alpha value is -2.20. The van der Waals surface area contributed by atoms with Crippen molar-refractivity contribution in [3.05, 3.63) is 100 Å². The van der Waals surface area contributed by atoms with Crippen LogP contribution < -0.4 is 0 Å². The van der Waals surface area contributed by atoms with Gasteiger partial charge in [-0.1, -0.05) is 54.1 Å². The maximum absolute atomic E-state index is 11.8. The van der Waals surface area contributed by atoms with Crippen LogP contribution in [0.4, 0.5) is 0 Å². The molecule has 1 aromatic heterocycles. The zero-order chi connectivity index (χ0) is 18.7. The molecule has 0 spiro atoms. The van der Waals surface area contributed by atoms with Gasteiger partial charge in [0.25, 0.3) is 0 Å². The second-order valence-corrected chi connectivity index (χ2v) is 7.55. The van der Waals surface area contributed by atoms with Crippen LogP contribution in [0.25, 0.3) is 0 Å². The molecular formula is C23H23ClN2O. The minimum Gasteiger partial charge on any atom is -0.374 e. The van der Waals surface area contributed by atoms with E-state index in [-0.39, 0.29) is 0 Å². The lowest BCUT2D eigenvalue weighted by Crippen LogP contribution is -2.30. The zero-order valence-electron chi connectivity index (χ0n) is 15.2. The van der Waals surface area contributed by atoms with Crippen molar-refractivity contribution in [2.45, 2.75) is 25.0 Å². The predicted molar refractivity (Wildman–Crippen MR) is 109 cm³/mol. The lowest BCUT2D eigenvalue weighted by Gasteiger charge is -2.29. The number of benzene rings is 2. The van der Waals surface area contributed by atoms with Gasteiger partial charge in [0, 0.05) is 17.8 Å². The Bertz CT molecular complexity index is 875. The molecule has 1 aliphatic heterocycles. The van der Waals surface area contributed by atoms with Crippen LogP contribution in [0.2, 0.25) is 5.02 Å². The highest BCUT2D eigenvalue weighted by Crippen LogP contribution is 2.36. The van der Waals surface area contributed by atoms with Crippen molar-refractivity contribution in [3.63, 3.8) is 0 Å². The molecule has 1 unspecified atom stereocenters. The second kappa shape index (κ2) is 7.81. The highest BCUT2D eigenvalue weighted by Gasteiger charge is 2.35. The van der Waals surface area contributed by atoms with Gasteiger partial charge < -0.3 is 5.11 Å². The number of pyridine rings is 1. The first-order valence-corrected chi connectivity index (χ1v) is 9.76. The smallest absolute Gasteiger partial charge is 0.157 e. The van der Waals surface area contributed by atoms with E-state index in [0.717, 1.165) is 17.7 Å². The van der Waals surface area contributed by atoms with Gasteiger partial charge >= 0.3 is 0 Å². The van der Waals surface area contributed by atoms with Crippen LogP contribution in [0, 0.1) is 0 Å². The van der Waals surface area contributed by atoms with Gasteiger partial charge in [-0.15, -0.1) is 0 Å². The molecule has 138 valence electrons. The van der Waals surface area contributed by atoms with E-state index in [4.69, 9.17) is 11.6 Å². The number of halogens is 1. The second-order valence-electron chi connectivity index (χ2n) is 7.11. The van der Waals surface area contributed by atoms with Gasteiger partial charge in [-0.25, -0.2) is 0 Å². The Morgan fingerprint density at radius 1 is 0.889 bits per heavy atom. The standard InChI is InChI=1S/C23H23ClN2O/c24-21-12-10-20(11-13-21)23(27,22-5-1-2-14-25-22)19-8-6-18(7-9-19)17-26-15-3-4-16-26/h1-2,5-14,27H,3-4,15-17H2. The third-order valence-electron chi connectivity index (χ3n) is 5.27. The average molecular weight is 379 g/mol. The summed E-state index contributed by atoms with van der Waals surface area (Å²) >= 11 is 6.05. The average Bonchev–Trinajstić information content (AvgIpc) is 3.22. The Labute approximate surface area is 165 Å². The monoisotopic (exact) mass is 378 g/mol. The van der Waals surface area contributed by atoms with Crippen molar-refractivity contribution in [3.8, 4) is 0 Å². The number of hydrogen-bond acceptors (Lipinski definition) is 3. The van der Waals surface area contributed by atoms with E-state index in [1.54, 1.807) is 18.3 Å². The summed E-state index contributed by atoms with van der Waals surface area (Å²) in [5.74, 6) is 0. The Morgan fingerprint density at radius 3 is 2.11 bits per heavy atom. The van der Waals surface area contributed by atoms with Gasteiger partial charge in [0.05, 0.1) is 5.69 Å². The number of aromatic nitrogens is 1. The molecule has 4 heteroatoms. The lowest BCUT2D eigenvalue weighted by molar-refractivity contribution is 0.121. The van der Waals surface area contributed by atoms with Gasteiger partial charge in [-0.2, -0.15) is 0 Å². The summed E-state index contributed by atoms with van der Waals surface area (Å²) in [6, 6.07) is 21.1. The van der Waals surface area contributed by atoms with E-state index >= 15 is 0 Å². The van der Waals surface area contributed by atoms with Crippen molar-refractivity contribution in [1.82, 2.24) is 9.88 Å². The van der Waals surface area contributed by atoms with E-state index in [1.165, 1.54) is 31.5 Å². The van der Waals surface area contributed by atoms with Crippen LogP contribution in [0.15, 0.2) is 72.9 Å². The van der Waals surface area contributed by atoms with Crippen molar-refractivity contribution >= 4 is 11.6 Å². The molecule has 1 atom stereocenters. The van der Waals surface area contributed by atoms with E-state index in [2.05, 4.69) is 22.0 Å². The molecule has 0 aliphatic carbocycles. The Morgan fingerprint density at radius 2 is 1.52 bits per heavy atom. The van der Waals surface area contributed by atoms with Crippen LogP contribution in [-0.2, 0) is 12.1 Å². The quantitative estimate of drug-likeness (QED) is 0.704. The number of hydrogen-bond donors (Lipinski definition) is 1. The summed E-state index contributed by atoms with van der Waals surface area (Å²) in [6.45, 7) is 3.30. The van der Waals surface area contributed by atoms with Crippen molar-refractivity contribution in [2.75, 3.05) is 13.1 Å². The number of aliphatic hydroxyl groups is 1. The third-order valence-corrected chi connectivity index (χ3v) is 5.53. The highest BCUT2D eigenvalue weighted by atomic mass is 35.5. The predicted octanol–water partition coefficient (Wildman–Crippen LogP) is 4.62. The highest BCUT2D eigenvalue weighted by molar-refractivity contribution is 6.30. The largest absolute Gasteiger partial charge is 0.374 e. The van der Waals surface area contributed by atoms with E-state index in [9.17, 15) is 5.11 Å². The van der Waals surface area contributed by atoms with Gasteiger partial charge in [-0.05, 0) is 66.9 Å². The molecular weight excluding hydrogens is 356 g/mol. The molecule has 3 aromatic rings. The molecule has 0 amide bonds. The normalized spacial score (nSPS) is 17.0. The van der Waals surface area contributed by atoms with Crippen LogP contribution in [0.5, 0.6) is 0 Å². The summed E-state index contributed by atoms with van der Waals surface area (Å²) in [6.07, 6.45) is 4.28.